The number of carbonyl (C=O) groups is 1. The quantitative estimate of drug-likeness (QED) is 0.697. The van der Waals surface area contributed by atoms with Crippen LogP contribution in [0.15, 0.2) is 0 Å². The fourth-order valence-electron chi connectivity index (χ4n) is 1.99. The third-order valence-electron chi connectivity index (χ3n) is 2.80. The van der Waals surface area contributed by atoms with Crippen molar-refractivity contribution in [1.29, 1.82) is 0 Å². The van der Waals surface area contributed by atoms with Gasteiger partial charge in [-0.3, -0.25) is 4.79 Å². The molecular formula is C11H22N2O2. The Balaban J connectivity index is 2.44. The van der Waals surface area contributed by atoms with Gasteiger partial charge in [0.05, 0.1) is 6.61 Å². The zero-order valence-electron chi connectivity index (χ0n) is 9.95. The number of ether oxygens (including phenoxy) is 1. The predicted octanol–water partition coefficient (Wildman–Crippen LogP) is 0.609. The highest BCUT2D eigenvalue weighted by Crippen LogP contribution is 2.17. The summed E-state index contributed by atoms with van der Waals surface area (Å²) in [4.78, 5) is 13.8. The maximum atomic E-state index is 11.6. The maximum Gasteiger partial charge on any atom is 0.327 e. The molecule has 0 aromatic carbocycles. The summed E-state index contributed by atoms with van der Waals surface area (Å²) in [6.45, 7) is 8.82. The summed E-state index contributed by atoms with van der Waals surface area (Å²) in [5, 5.41) is 0. The topological polar surface area (TPSA) is 55.6 Å². The number of likely N-dealkylation sites (tertiary alicyclic amines) is 1. The molecule has 4 heteroatoms. The van der Waals surface area contributed by atoms with Crippen LogP contribution in [0.1, 0.15) is 27.2 Å². The number of carbonyl (C=O) groups excluding carboxylic acids is 1. The van der Waals surface area contributed by atoms with Crippen molar-refractivity contribution in [2.45, 2.75) is 32.7 Å². The van der Waals surface area contributed by atoms with E-state index in [0.29, 0.717) is 19.1 Å². The van der Waals surface area contributed by atoms with Crippen molar-refractivity contribution < 1.29 is 9.53 Å². The number of rotatable bonds is 4. The van der Waals surface area contributed by atoms with E-state index < -0.39 is 5.54 Å². The van der Waals surface area contributed by atoms with E-state index in [1.54, 1.807) is 13.8 Å². The Morgan fingerprint density at radius 3 is 2.80 bits per heavy atom. The molecule has 0 saturated carbocycles. The Labute approximate surface area is 91.8 Å². The van der Waals surface area contributed by atoms with Crippen LogP contribution in [0.3, 0.4) is 0 Å². The lowest BCUT2D eigenvalue weighted by molar-refractivity contribution is -0.149. The molecule has 88 valence electrons. The minimum Gasteiger partial charge on any atom is -0.465 e. The minimum absolute atomic E-state index is 0.301. The molecule has 0 aliphatic carbocycles. The monoisotopic (exact) mass is 214 g/mol. The first kappa shape index (κ1) is 12.5. The van der Waals surface area contributed by atoms with Crippen LogP contribution < -0.4 is 5.73 Å². The van der Waals surface area contributed by atoms with E-state index >= 15 is 0 Å². The van der Waals surface area contributed by atoms with Gasteiger partial charge in [-0.25, -0.2) is 0 Å². The third-order valence-corrected chi connectivity index (χ3v) is 2.80. The number of esters is 1. The number of hydrogen-bond donors (Lipinski definition) is 1. The Morgan fingerprint density at radius 1 is 1.67 bits per heavy atom. The molecule has 15 heavy (non-hydrogen) atoms. The molecule has 0 bridgehead atoms. The largest absolute Gasteiger partial charge is 0.465 e. The van der Waals surface area contributed by atoms with Crippen LogP contribution in [0.5, 0.6) is 0 Å². The maximum absolute atomic E-state index is 11.6. The van der Waals surface area contributed by atoms with Gasteiger partial charge in [-0.2, -0.15) is 0 Å². The summed E-state index contributed by atoms with van der Waals surface area (Å²) >= 11 is 0. The van der Waals surface area contributed by atoms with E-state index in [1.165, 1.54) is 6.42 Å². The van der Waals surface area contributed by atoms with Crippen molar-refractivity contribution in [3.63, 3.8) is 0 Å². The SMILES string of the molecule is CCOC(=O)C(C)(N)CN1CCC(C)C1. The van der Waals surface area contributed by atoms with Crippen molar-refractivity contribution in [3.8, 4) is 0 Å². The zero-order chi connectivity index (χ0) is 11.5. The second kappa shape index (κ2) is 4.94. The van der Waals surface area contributed by atoms with Gasteiger partial charge in [0.15, 0.2) is 0 Å². The average Bonchev–Trinajstić information content (AvgIpc) is 2.50. The Bertz CT molecular complexity index is 229. The first-order valence-corrected chi connectivity index (χ1v) is 5.64. The minimum atomic E-state index is -0.875. The van der Waals surface area contributed by atoms with Gasteiger partial charge < -0.3 is 15.4 Å². The van der Waals surface area contributed by atoms with Crippen LogP contribution in [-0.2, 0) is 9.53 Å². The summed E-state index contributed by atoms with van der Waals surface area (Å²) in [5.41, 5.74) is 5.08. The van der Waals surface area contributed by atoms with Gasteiger partial charge in [0.25, 0.3) is 0 Å². The lowest BCUT2D eigenvalue weighted by Gasteiger charge is -2.27. The van der Waals surface area contributed by atoms with E-state index in [0.717, 1.165) is 13.1 Å². The number of nitrogens with two attached hydrogens (primary N) is 1. The lowest BCUT2D eigenvalue weighted by atomic mass is 10.0. The van der Waals surface area contributed by atoms with Gasteiger partial charge in [-0.15, -0.1) is 0 Å². The highest BCUT2D eigenvalue weighted by molar-refractivity contribution is 5.80. The molecule has 0 aromatic rings. The second-order valence-corrected chi connectivity index (χ2v) is 4.77. The van der Waals surface area contributed by atoms with Crippen LogP contribution in [0.25, 0.3) is 0 Å². The molecule has 0 amide bonds. The predicted molar refractivity (Wildman–Crippen MR) is 59.4 cm³/mol. The van der Waals surface area contributed by atoms with Crippen molar-refractivity contribution in [2.24, 2.45) is 11.7 Å². The Morgan fingerprint density at radius 2 is 2.33 bits per heavy atom. The first-order chi connectivity index (χ1) is 6.95. The molecule has 1 fully saturated rings. The van der Waals surface area contributed by atoms with Gasteiger partial charge in [0.1, 0.15) is 5.54 Å². The molecule has 0 radical (unpaired) electrons. The molecule has 4 nitrogen and oxygen atoms in total. The fourth-order valence-corrected chi connectivity index (χ4v) is 1.99. The molecule has 1 aliphatic heterocycles. The molecule has 0 spiro atoms. The van der Waals surface area contributed by atoms with Gasteiger partial charge in [-0.05, 0) is 32.7 Å². The van der Waals surface area contributed by atoms with E-state index in [-0.39, 0.29) is 5.97 Å². The highest BCUT2D eigenvalue weighted by atomic mass is 16.5. The van der Waals surface area contributed by atoms with Crippen LogP contribution in [0.2, 0.25) is 0 Å². The van der Waals surface area contributed by atoms with Gasteiger partial charge in [0, 0.05) is 13.1 Å². The van der Waals surface area contributed by atoms with Gasteiger partial charge in [0.2, 0.25) is 0 Å². The van der Waals surface area contributed by atoms with Gasteiger partial charge in [-0.1, -0.05) is 6.92 Å². The van der Waals surface area contributed by atoms with Crippen molar-refractivity contribution in [1.82, 2.24) is 4.90 Å². The first-order valence-electron chi connectivity index (χ1n) is 5.64. The van der Waals surface area contributed by atoms with Crippen molar-refractivity contribution in [3.05, 3.63) is 0 Å². The number of hydrogen-bond acceptors (Lipinski definition) is 4. The van der Waals surface area contributed by atoms with Gasteiger partial charge >= 0.3 is 5.97 Å². The Hall–Kier alpha value is -0.610. The van der Waals surface area contributed by atoms with E-state index in [4.69, 9.17) is 10.5 Å². The van der Waals surface area contributed by atoms with E-state index in [2.05, 4.69) is 11.8 Å². The van der Waals surface area contributed by atoms with Crippen LogP contribution in [0, 0.1) is 5.92 Å². The molecule has 2 N–H and O–H groups in total. The molecule has 1 rings (SSSR count). The van der Waals surface area contributed by atoms with Crippen LogP contribution in [-0.4, -0.2) is 42.6 Å². The molecule has 2 atom stereocenters. The molecule has 1 saturated heterocycles. The third kappa shape index (κ3) is 3.47. The molecule has 2 unspecified atom stereocenters. The summed E-state index contributed by atoms with van der Waals surface area (Å²) < 4.78 is 4.95. The standard InChI is InChI=1S/C11H22N2O2/c1-4-15-10(14)11(3,12)8-13-6-5-9(2)7-13/h9H,4-8,12H2,1-3H3. The Kier molecular flexibility index (Phi) is 4.11. The van der Waals surface area contributed by atoms with Crippen molar-refractivity contribution >= 4 is 5.97 Å². The summed E-state index contributed by atoms with van der Waals surface area (Å²) in [6, 6.07) is 0. The van der Waals surface area contributed by atoms with Crippen LogP contribution >= 0.6 is 0 Å². The van der Waals surface area contributed by atoms with E-state index in [9.17, 15) is 4.79 Å². The summed E-state index contributed by atoms with van der Waals surface area (Å²) in [5.74, 6) is 0.410. The normalized spacial score (nSPS) is 26.3. The molecule has 1 aliphatic rings. The molecule has 1 heterocycles. The summed E-state index contributed by atoms with van der Waals surface area (Å²) in [7, 11) is 0. The van der Waals surface area contributed by atoms with Crippen molar-refractivity contribution in [2.75, 3.05) is 26.2 Å². The zero-order valence-corrected chi connectivity index (χ0v) is 9.95. The lowest BCUT2D eigenvalue weighted by Crippen LogP contribution is -2.54. The second-order valence-electron chi connectivity index (χ2n) is 4.77. The fraction of sp³-hybridized carbons (Fsp3) is 0.909. The average molecular weight is 214 g/mol. The van der Waals surface area contributed by atoms with E-state index in [1.807, 2.05) is 0 Å². The van der Waals surface area contributed by atoms with Crippen LogP contribution in [0.4, 0.5) is 0 Å². The number of nitrogens with zero attached hydrogens (tertiary/aromatic N) is 1. The smallest absolute Gasteiger partial charge is 0.327 e. The molecular weight excluding hydrogens is 192 g/mol. The summed E-state index contributed by atoms with van der Waals surface area (Å²) in [6.07, 6.45) is 1.19. The molecule has 0 aromatic heterocycles. The highest BCUT2D eigenvalue weighted by Gasteiger charge is 2.34.